The van der Waals surface area contributed by atoms with Crippen LogP contribution in [0.1, 0.15) is 28.3 Å². The van der Waals surface area contributed by atoms with Crippen LogP contribution >= 0.6 is 38.9 Å². The first-order chi connectivity index (χ1) is 7.99. The van der Waals surface area contributed by atoms with Crippen molar-refractivity contribution in [3.63, 3.8) is 0 Å². The molecule has 0 aliphatic carbocycles. The molecule has 1 heterocycles. The van der Waals surface area contributed by atoms with E-state index < -0.39 is 0 Å². The van der Waals surface area contributed by atoms with Crippen LogP contribution in [-0.2, 0) is 0 Å². The maximum Gasteiger partial charge on any atom is 0.0701 e. The highest BCUT2D eigenvalue weighted by Gasteiger charge is 2.15. The van der Waals surface area contributed by atoms with Crippen LogP contribution in [0.5, 0.6) is 0 Å². The van der Waals surface area contributed by atoms with Gasteiger partial charge in [-0.3, -0.25) is 0 Å². The van der Waals surface area contributed by atoms with Crippen molar-refractivity contribution >= 4 is 38.9 Å². The van der Waals surface area contributed by atoms with Gasteiger partial charge in [0.15, 0.2) is 0 Å². The monoisotopic (exact) mass is 329 g/mol. The third kappa shape index (κ3) is 2.74. The Morgan fingerprint density at radius 2 is 1.88 bits per heavy atom. The Labute approximate surface area is 119 Å². The van der Waals surface area contributed by atoms with E-state index in [1.54, 1.807) is 11.3 Å². The number of halogens is 2. The number of hydrogen-bond donors (Lipinski definition) is 1. The van der Waals surface area contributed by atoms with Crippen molar-refractivity contribution in [2.75, 3.05) is 0 Å². The van der Waals surface area contributed by atoms with Gasteiger partial charge in [0.05, 0.1) is 9.83 Å². The van der Waals surface area contributed by atoms with E-state index in [9.17, 15) is 0 Å². The van der Waals surface area contributed by atoms with Gasteiger partial charge >= 0.3 is 0 Å². The molecule has 0 saturated heterocycles. The molecule has 1 aromatic carbocycles. The van der Waals surface area contributed by atoms with Gasteiger partial charge in [-0.05, 0) is 69.5 Å². The molecule has 0 spiro atoms. The van der Waals surface area contributed by atoms with Gasteiger partial charge in [-0.1, -0.05) is 17.7 Å². The second-order valence-electron chi connectivity index (χ2n) is 4.12. The van der Waals surface area contributed by atoms with E-state index in [0.717, 1.165) is 19.9 Å². The van der Waals surface area contributed by atoms with Crippen molar-refractivity contribution in [1.82, 2.24) is 0 Å². The summed E-state index contributed by atoms with van der Waals surface area (Å²) >= 11 is 11.3. The van der Waals surface area contributed by atoms with Crippen molar-refractivity contribution in [3.8, 4) is 0 Å². The molecule has 0 saturated carbocycles. The third-order valence-electron chi connectivity index (χ3n) is 2.89. The lowest BCUT2D eigenvalue weighted by atomic mass is 9.98. The van der Waals surface area contributed by atoms with E-state index in [1.165, 1.54) is 11.1 Å². The summed E-state index contributed by atoms with van der Waals surface area (Å²) in [5, 5.41) is 2.79. The SMILES string of the molecule is Cc1cc(Cl)c(C(N)c2csc(Br)c2)cc1C. The zero-order valence-corrected chi connectivity index (χ0v) is 12.8. The molecule has 1 aromatic heterocycles. The maximum absolute atomic E-state index is 6.26. The van der Waals surface area contributed by atoms with Gasteiger partial charge in [-0.2, -0.15) is 0 Å². The molecule has 0 aliphatic rings. The first kappa shape index (κ1) is 13.1. The Bertz CT molecular complexity index is 550. The van der Waals surface area contributed by atoms with Crippen LogP contribution in [0.2, 0.25) is 5.02 Å². The molecule has 4 heteroatoms. The standard InChI is InChI=1S/C13H13BrClNS/c1-7-3-10(11(15)4-8(7)2)13(16)9-5-12(14)17-6-9/h3-6,13H,16H2,1-2H3. The zero-order chi connectivity index (χ0) is 12.6. The molecule has 0 aliphatic heterocycles. The number of thiophene rings is 1. The first-order valence-electron chi connectivity index (χ1n) is 5.25. The van der Waals surface area contributed by atoms with Crippen LogP contribution in [0, 0.1) is 13.8 Å². The zero-order valence-electron chi connectivity index (χ0n) is 9.63. The van der Waals surface area contributed by atoms with Gasteiger partial charge in [0.2, 0.25) is 0 Å². The molecule has 17 heavy (non-hydrogen) atoms. The van der Waals surface area contributed by atoms with E-state index in [4.69, 9.17) is 17.3 Å². The summed E-state index contributed by atoms with van der Waals surface area (Å²) in [5.41, 5.74) is 10.7. The summed E-state index contributed by atoms with van der Waals surface area (Å²) in [5.74, 6) is 0. The summed E-state index contributed by atoms with van der Waals surface area (Å²) < 4.78 is 1.09. The highest BCUT2D eigenvalue weighted by atomic mass is 79.9. The molecule has 2 aromatic rings. The first-order valence-corrected chi connectivity index (χ1v) is 7.30. The summed E-state index contributed by atoms with van der Waals surface area (Å²) in [6.07, 6.45) is 0. The van der Waals surface area contributed by atoms with E-state index in [-0.39, 0.29) is 6.04 Å². The van der Waals surface area contributed by atoms with Gasteiger partial charge < -0.3 is 5.73 Å². The molecule has 0 fully saturated rings. The number of nitrogens with two attached hydrogens (primary N) is 1. The van der Waals surface area contributed by atoms with Crippen LogP contribution < -0.4 is 5.73 Å². The lowest BCUT2D eigenvalue weighted by Crippen LogP contribution is -2.12. The molecule has 0 bridgehead atoms. The Morgan fingerprint density at radius 3 is 2.47 bits per heavy atom. The minimum Gasteiger partial charge on any atom is -0.320 e. The van der Waals surface area contributed by atoms with Crippen LogP contribution in [0.4, 0.5) is 0 Å². The molecule has 90 valence electrons. The lowest BCUT2D eigenvalue weighted by molar-refractivity contribution is 0.874. The Morgan fingerprint density at radius 1 is 1.24 bits per heavy atom. The molecule has 1 unspecified atom stereocenters. The largest absolute Gasteiger partial charge is 0.320 e. The van der Waals surface area contributed by atoms with Crippen LogP contribution in [0.3, 0.4) is 0 Å². The second kappa shape index (κ2) is 5.11. The van der Waals surface area contributed by atoms with Crippen LogP contribution in [0.15, 0.2) is 27.4 Å². The topological polar surface area (TPSA) is 26.0 Å². The minimum atomic E-state index is -0.163. The van der Waals surface area contributed by atoms with Crippen molar-refractivity contribution in [3.05, 3.63) is 54.6 Å². The van der Waals surface area contributed by atoms with Gasteiger partial charge in [-0.15, -0.1) is 11.3 Å². The Kier molecular flexibility index (Phi) is 3.93. The molecule has 2 rings (SSSR count). The van der Waals surface area contributed by atoms with E-state index in [0.29, 0.717) is 0 Å². The van der Waals surface area contributed by atoms with Crippen molar-refractivity contribution < 1.29 is 0 Å². The fourth-order valence-electron chi connectivity index (χ4n) is 1.71. The van der Waals surface area contributed by atoms with E-state index in [1.807, 2.05) is 12.1 Å². The minimum absolute atomic E-state index is 0.163. The Balaban J connectivity index is 2.43. The number of hydrogen-bond acceptors (Lipinski definition) is 2. The lowest BCUT2D eigenvalue weighted by Gasteiger charge is -2.14. The molecular weight excluding hydrogens is 318 g/mol. The van der Waals surface area contributed by atoms with E-state index in [2.05, 4.69) is 41.2 Å². The third-order valence-corrected chi connectivity index (χ3v) is 4.74. The molecule has 0 amide bonds. The second-order valence-corrected chi connectivity index (χ2v) is 6.82. The summed E-state index contributed by atoms with van der Waals surface area (Å²) in [6.45, 7) is 4.13. The van der Waals surface area contributed by atoms with Crippen LogP contribution in [-0.4, -0.2) is 0 Å². The average molecular weight is 331 g/mol. The molecule has 2 N–H and O–H groups in total. The fraction of sp³-hybridized carbons (Fsp3) is 0.231. The van der Waals surface area contributed by atoms with Gasteiger partial charge in [0.25, 0.3) is 0 Å². The summed E-state index contributed by atoms with van der Waals surface area (Å²) in [6, 6.07) is 5.94. The van der Waals surface area contributed by atoms with Crippen molar-refractivity contribution in [1.29, 1.82) is 0 Å². The van der Waals surface area contributed by atoms with Gasteiger partial charge in [0, 0.05) is 5.02 Å². The normalized spacial score (nSPS) is 12.8. The predicted molar refractivity (Wildman–Crippen MR) is 79.0 cm³/mol. The van der Waals surface area contributed by atoms with Gasteiger partial charge in [-0.25, -0.2) is 0 Å². The van der Waals surface area contributed by atoms with Gasteiger partial charge in [0.1, 0.15) is 0 Å². The Hall–Kier alpha value is -0.350. The quantitative estimate of drug-likeness (QED) is 0.838. The number of aryl methyl sites for hydroxylation is 2. The number of benzene rings is 1. The fourth-order valence-corrected chi connectivity index (χ4v) is 3.26. The highest BCUT2D eigenvalue weighted by Crippen LogP contribution is 2.32. The molecular formula is C13H13BrClNS. The average Bonchev–Trinajstić information content (AvgIpc) is 2.69. The number of rotatable bonds is 2. The molecule has 1 atom stereocenters. The smallest absolute Gasteiger partial charge is 0.0701 e. The van der Waals surface area contributed by atoms with Crippen LogP contribution in [0.25, 0.3) is 0 Å². The summed E-state index contributed by atoms with van der Waals surface area (Å²) in [7, 11) is 0. The molecule has 1 nitrogen and oxygen atoms in total. The highest BCUT2D eigenvalue weighted by molar-refractivity contribution is 9.11. The van der Waals surface area contributed by atoms with E-state index >= 15 is 0 Å². The van der Waals surface area contributed by atoms with Crippen molar-refractivity contribution in [2.24, 2.45) is 5.73 Å². The molecule has 0 radical (unpaired) electrons. The maximum atomic E-state index is 6.26. The van der Waals surface area contributed by atoms with Crippen molar-refractivity contribution in [2.45, 2.75) is 19.9 Å². The summed E-state index contributed by atoms with van der Waals surface area (Å²) in [4.78, 5) is 0. The predicted octanol–water partition coefficient (Wildman–Crippen LogP) is 4.83.